The Morgan fingerprint density at radius 1 is 1.17 bits per heavy atom. The van der Waals surface area contributed by atoms with Gasteiger partial charge in [-0.2, -0.15) is 10.2 Å². The van der Waals surface area contributed by atoms with Crippen LogP contribution in [0.25, 0.3) is 0 Å². The van der Waals surface area contributed by atoms with Gasteiger partial charge in [-0.25, -0.2) is 9.07 Å². The van der Waals surface area contributed by atoms with Gasteiger partial charge in [0.2, 0.25) is 0 Å². The minimum atomic E-state index is -0.298. The third-order valence-corrected chi connectivity index (χ3v) is 3.62. The summed E-state index contributed by atoms with van der Waals surface area (Å²) in [7, 11) is 0. The maximum Gasteiger partial charge on any atom is 0.272 e. The van der Waals surface area contributed by atoms with E-state index in [9.17, 15) is 9.18 Å². The lowest BCUT2D eigenvalue weighted by molar-refractivity contribution is 0.0945. The fourth-order valence-electron chi connectivity index (χ4n) is 2.39. The second kappa shape index (κ2) is 6.66. The van der Waals surface area contributed by atoms with Crippen molar-refractivity contribution < 1.29 is 9.18 Å². The summed E-state index contributed by atoms with van der Waals surface area (Å²) in [6, 6.07) is 9.65. The molecule has 0 aliphatic rings. The lowest BCUT2D eigenvalue weighted by Gasteiger charge is -2.05. The van der Waals surface area contributed by atoms with E-state index in [0.717, 1.165) is 17.0 Å². The van der Waals surface area contributed by atoms with Crippen LogP contribution in [0.4, 0.5) is 4.39 Å². The number of rotatable bonds is 5. The van der Waals surface area contributed by atoms with Gasteiger partial charge >= 0.3 is 0 Å². The van der Waals surface area contributed by atoms with Crippen molar-refractivity contribution in [3.8, 4) is 0 Å². The Balaban J connectivity index is 1.61. The molecule has 124 valence electrons. The smallest absolute Gasteiger partial charge is 0.272 e. The van der Waals surface area contributed by atoms with Crippen LogP contribution in [0.15, 0.2) is 42.6 Å². The number of benzene rings is 1. The van der Waals surface area contributed by atoms with Crippen molar-refractivity contribution in [2.75, 3.05) is 0 Å². The van der Waals surface area contributed by atoms with Crippen molar-refractivity contribution in [2.45, 2.75) is 27.1 Å². The zero-order valence-electron chi connectivity index (χ0n) is 13.5. The Kier molecular flexibility index (Phi) is 4.41. The van der Waals surface area contributed by atoms with Crippen LogP contribution in [-0.2, 0) is 13.2 Å². The van der Waals surface area contributed by atoms with Gasteiger partial charge in [0.05, 0.1) is 5.69 Å². The minimum Gasteiger partial charge on any atom is -0.347 e. The zero-order chi connectivity index (χ0) is 17.1. The molecule has 24 heavy (non-hydrogen) atoms. The number of aromatic nitrogens is 4. The van der Waals surface area contributed by atoms with Crippen LogP contribution >= 0.6 is 0 Å². The average molecular weight is 327 g/mol. The number of nitrogens with one attached hydrogen (secondary N) is 1. The molecule has 0 unspecified atom stereocenters. The number of carbonyl (C=O) groups excluding carboxylic acids is 1. The highest BCUT2D eigenvalue weighted by atomic mass is 19.1. The third kappa shape index (κ3) is 3.68. The van der Waals surface area contributed by atoms with Crippen LogP contribution in [0.5, 0.6) is 0 Å². The maximum absolute atomic E-state index is 12.9. The number of hydrogen-bond acceptors (Lipinski definition) is 3. The highest BCUT2D eigenvalue weighted by Crippen LogP contribution is 2.05. The quantitative estimate of drug-likeness (QED) is 0.782. The lowest BCUT2D eigenvalue weighted by Crippen LogP contribution is -2.23. The van der Waals surface area contributed by atoms with E-state index in [4.69, 9.17) is 0 Å². The molecule has 7 heteroatoms. The van der Waals surface area contributed by atoms with Crippen molar-refractivity contribution in [3.05, 3.63) is 71.1 Å². The number of carbonyl (C=O) groups is 1. The fourth-order valence-corrected chi connectivity index (χ4v) is 2.39. The van der Waals surface area contributed by atoms with Crippen LogP contribution in [0.2, 0.25) is 0 Å². The molecule has 1 aromatic carbocycles. The standard InChI is InChI=1S/C17H18FN5O/c1-12-9-13(2)23(20-12)11-22-8-7-16(21-22)17(24)19-10-14-3-5-15(18)6-4-14/h3-9H,10-11H2,1-2H3,(H,19,24). The van der Waals surface area contributed by atoms with Crippen LogP contribution < -0.4 is 5.32 Å². The van der Waals surface area contributed by atoms with Crippen molar-refractivity contribution in [1.82, 2.24) is 24.9 Å². The molecule has 0 atom stereocenters. The molecule has 3 aromatic rings. The first kappa shape index (κ1) is 15.9. The number of amides is 1. The van der Waals surface area contributed by atoms with Gasteiger partial charge in [-0.15, -0.1) is 0 Å². The van der Waals surface area contributed by atoms with Crippen molar-refractivity contribution in [1.29, 1.82) is 0 Å². The summed E-state index contributed by atoms with van der Waals surface area (Å²) < 4.78 is 16.3. The van der Waals surface area contributed by atoms with Crippen molar-refractivity contribution >= 4 is 5.91 Å². The second-order valence-electron chi connectivity index (χ2n) is 5.62. The Morgan fingerprint density at radius 3 is 2.58 bits per heavy atom. The summed E-state index contributed by atoms with van der Waals surface area (Å²) in [6.07, 6.45) is 1.74. The normalized spacial score (nSPS) is 10.8. The van der Waals surface area contributed by atoms with E-state index < -0.39 is 0 Å². The van der Waals surface area contributed by atoms with E-state index in [0.29, 0.717) is 18.9 Å². The fraction of sp³-hybridized carbons (Fsp3) is 0.235. The van der Waals surface area contributed by atoms with Gasteiger partial charge in [0.1, 0.15) is 18.2 Å². The third-order valence-electron chi connectivity index (χ3n) is 3.62. The molecule has 1 amide bonds. The van der Waals surface area contributed by atoms with Gasteiger partial charge in [0.15, 0.2) is 0 Å². The average Bonchev–Trinajstić information content (AvgIpc) is 3.13. The summed E-state index contributed by atoms with van der Waals surface area (Å²) in [5.74, 6) is -0.570. The molecule has 0 aliphatic carbocycles. The van der Waals surface area contributed by atoms with E-state index in [2.05, 4.69) is 15.5 Å². The van der Waals surface area contributed by atoms with Crippen LogP contribution in [0, 0.1) is 19.7 Å². The molecule has 0 fully saturated rings. The molecule has 0 radical (unpaired) electrons. The second-order valence-corrected chi connectivity index (χ2v) is 5.62. The number of hydrogen-bond donors (Lipinski definition) is 1. The largest absolute Gasteiger partial charge is 0.347 e. The molecule has 6 nitrogen and oxygen atoms in total. The first-order valence-corrected chi connectivity index (χ1v) is 7.58. The van der Waals surface area contributed by atoms with Gasteiger partial charge < -0.3 is 5.32 Å². The van der Waals surface area contributed by atoms with Crippen molar-refractivity contribution in [2.24, 2.45) is 0 Å². The predicted octanol–water partition coefficient (Wildman–Crippen LogP) is 2.27. The maximum atomic E-state index is 12.9. The van der Waals surface area contributed by atoms with Gasteiger partial charge in [-0.3, -0.25) is 9.48 Å². The number of halogens is 1. The number of aryl methyl sites for hydroxylation is 2. The highest BCUT2D eigenvalue weighted by molar-refractivity contribution is 5.92. The first-order valence-electron chi connectivity index (χ1n) is 7.58. The van der Waals surface area contributed by atoms with Crippen LogP contribution in [0.3, 0.4) is 0 Å². The van der Waals surface area contributed by atoms with Gasteiger partial charge in [0.25, 0.3) is 5.91 Å². The van der Waals surface area contributed by atoms with E-state index in [1.807, 2.05) is 24.6 Å². The Hall–Kier alpha value is -2.96. The summed E-state index contributed by atoms with van der Waals surface area (Å²) in [5.41, 5.74) is 3.13. The van der Waals surface area contributed by atoms with Crippen LogP contribution in [0.1, 0.15) is 27.4 Å². The zero-order valence-corrected chi connectivity index (χ0v) is 13.5. The molecular weight excluding hydrogens is 309 g/mol. The van der Waals surface area contributed by atoms with Gasteiger partial charge in [0, 0.05) is 18.4 Å². The minimum absolute atomic E-state index is 0.272. The molecule has 2 heterocycles. The Morgan fingerprint density at radius 2 is 1.92 bits per heavy atom. The Labute approximate surface area is 138 Å². The van der Waals surface area contributed by atoms with Crippen molar-refractivity contribution in [3.63, 3.8) is 0 Å². The molecule has 0 spiro atoms. The Bertz CT molecular complexity index is 850. The molecule has 0 aliphatic heterocycles. The number of nitrogens with zero attached hydrogens (tertiary/aromatic N) is 4. The first-order chi connectivity index (χ1) is 11.5. The summed E-state index contributed by atoms with van der Waals surface area (Å²) in [6.45, 7) is 4.68. The SMILES string of the molecule is Cc1cc(C)n(Cn2ccc(C(=O)NCc3ccc(F)cc3)n2)n1. The molecule has 1 N–H and O–H groups in total. The summed E-state index contributed by atoms with van der Waals surface area (Å²) in [4.78, 5) is 12.1. The van der Waals surface area contributed by atoms with Crippen LogP contribution in [-0.4, -0.2) is 25.5 Å². The van der Waals surface area contributed by atoms with E-state index in [1.54, 1.807) is 29.1 Å². The highest BCUT2D eigenvalue weighted by Gasteiger charge is 2.10. The molecule has 0 bridgehead atoms. The summed E-state index contributed by atoms with van der Waals surface area (Å²) in [5, 5.41) is 11.4. The van der Waals surface area contributed by atoms with Gasteiger partial charge in [-0.05, 0) is 43.7 Å². The van der Waals surface area contributed by atoms with E-state index in [-0.39, 0.29) is 11.7 Å². The molecule has 0 saturated carbocycles. The molecule has 2 aromatic heterocycles. The molecular formula is C17H18FN5O. The van der Waals surface area contributed by atoms with E-state index in [1.165, 1.54) is 12.1 Å². The predicted molar refractivity (Wildman–Crippen MR) is 86.9 cm³/mol. The lowest BCUT2D eigenvalue weighted by atomic mass is 10.2. The molecule has 0 saturated heterocycles. The monoisotopic (exact) mass is 327 g/mol. The van der Waals surface area contributed by atoms with Gasteiger partial charge in [-0.1, -0.05) is 12.1 Å². The summed E-state index contributed by atoms with van der Waals surface area (Å²) >= 11 is 0. The molecule has 3 rings (SSSR count). The topological polar surface area (TPSA) is 64.7 Å². The van der Waals surface area contributed by atoms with E-state index >= 15 is 0 Å².